The zero-order valence-electron chi connectivity index (χ0n) is 17.4. The Bertz CT molecular complexity index is 1120. The van der Waals surface area contributed by atoms with Gasteiger partial charge < -0.3 is 9.80 Å². The number of amides is 1. The molecule has 1 saturated heterocycles. The van der Waals surface area contributed by atoms with Crippen LogP contribution in [0.15, 0.2) is 72.8 Å². The highest BCUT2D eigenvalue weighted by atomic mass is 35.5. The summed E-state index contributed by atoms with van der Waals surface area (Å²) in [4.78, 5) is 17.7. The normalized spacial score (nSPS) is 22.7. The first kappa shape index (κ1) is 21.6. The fraction of sp³-hybridized carbons (Fsp3) is 0.269. The van der Waals surface area contributed by atoms with E-state index in [1.165, 1.54) is 5.56 Å². The lowest BCUT2D eigenvalue weighted by Crippen LogP contribution is -2.51. The number of nitrogens with zero attached hydrogens (tertiary/aromatic N) is 2. The van der Waals surface area contributed by atoms with Crippen molar-refractivity contribution in [2.24, 2.45) is 5.92 Å². The fourth-order valence-electron chi connectivity index (χ4n) is 4.73. The van der Waals surface area contributed by atoms with Crippen LogP contribution in [-0.2, 0) is 4.79 Å². The molecule has 3 atom stereocenters. The molecule has 1 amide bonds. The number of benzene rings is 3. The van der Waals surface area contributed by atoms with E-state index in [1.54, 1.807) is 6.07 Å². The molecule has 3 aromatic rings. The van der Waals surface area contributed by atoms with Crippen molar-refractivity contribution in [2.75, 3.05) is 24.5 Å². The van der Waals surface area contributed by atoms with Gasteiger partial charge in [-0.05, 0) is 53.8 Å². The maximum absolute atomic E-state index is 13.4. The van der Waals surface area contributed by atoms with Crippen LogP contribution in [0.5, 0.6) is 0 Å². The summed E-state index contributed by atoms with van der Waals surface area (Å²) in [6, 6.07) is 23.7. The molecule has 0 spiro atoms. The fourth-order valence-corrected chi connectivity index (χ4v) is 5.37. The highest BCUT2D eigenvalue weighted by Gasteiger charge is 2.47. The summed E-state index contributed by atoms with van der Waals surface area (Å²) < 4.78 is 0. The summed E-state index contributed by atoms with van der Waals surface area (Å²) in [5, 5.41) is 1.91. The predicted molar refractivity (Wildman–Crippen MR) is 132 cm³/mol. The van der Waals surface area contributed by atoms with Gasteiger partial charge in [-0.15, -0.1) is 0 Å². The second kappa shape index (κ2) is 8.97. The SMILES string of the molecule is O=C([C@@H]1C[C@H]1c1ccccc1)N1CCN(c2ccc(Cl)cc2Cl)[C@H](c2ccc(Cl)cc2)C1. The number of anilines is 1. The minimum absolute atomic E-state index is 0.0161. The third-order valence-corrected chi connectivity index (χ3v) is 7.29. The third-order valence-electron chi connectivity index (χ3n) is 6.50. The highest BCUT2D eigenvalue weighted by molar-refractivity contribution is 6.36. The van der Waals surface area contributed by atoms with E-state index in [0.29, 0.717) is 40.6 Å². The first-order valence-corrected chi connectivity index (χ1v) is 12.0. The zero-order valence-corrected chi connectivity index (χ0v) is 19.7. The number of halogens is 3. The smallest absolute Gasteiger partial charge is 0.226 e. The van der Waals surface area contributed by atoms with Crippen molar-refractivity contribution in [3.63, 3.8) is 0 Å². The maximum atomic E-state index is 13.4. The van der Waals surface area contributed by atoms with E-state index in [4.69, 9.17) is 34.8 Å². The van der Waals surface area contributed by atoms with E-state index < -0.39 is 0 Å². The van der Waals surface area contributed by atoms with Crippen LogP contribution in [0.2, 0.25) is 15.1 Å². The monoisotopic (exact) mass is 484 g/mol. The van der Waals surface area contributed by atoms with Gasteiger partial charge in [-0.1, -0.05) is 77.3 Å². The van der Waals surface area contributed by atoms with Gasteiger partial charge in [-0.2, -0.15) is 0 Å². The van der Waals surface area contributed by atoms with Crippen LogP contribution in [0.1, 0.15) is 29.5 Å². The Morgan fingerprint density at radius 2 is 1.53 bits per heavy atom. The molecule has 2 aliphatic rings. The number of rotatable bonds is 4. The van der Waals surface area contributed by atoms with Crippen LogP contribution in [0, 0.1) is 5.92 Å². The minimum atomic E-state index is -0.0161. The Morgan fingerprint density at radius 3 is 2.25 bits per heavy atom. The summed E-state index contributed by atoms with van der Waals surface area (Å²) in [7, 11) is 0. The molecule has 0 aromatic heterocycles. The van der Waals surface area contributed by atoms with Crippen molar-refractivity contribution in [3.05, 3.63) is 99.0 Å². The van der Waals surface area contributed by atoms with Gasteiger partial charge in [0.1, 0.15) is 0 Å². The molecule has 5 rings (SSSR count). The quantitative estimate of drug-likeness (QED) is 0.404. The molecule has 1 heterocycles. The standard InChI is InChI=1S/C26H23Cl3N2O/c27-19-8-6-18(7-9-19)25-16-30(12-13-31(25)24-11-10-20(28)14-23(24)29)26(32)22-15-21(22)17-4-2-1-3-5-17/h1-11,14,21-22,25H,12-13,15-16H2/t21-,22+,25-/m0/s1. The van der Waals surface area contributed by atoms with Crippen LogP contribution in [-0.4, -0.2) is 30.4 Å². The van der Waals surface area contributed by atoms with Crippen LogP contribution < -0.4 is 4.90 Å². The average molecular weight is 486 g/mol. The summed E-state index contributed by atoms with van der Waals surface area (Å²) in [5.74, 6) is 0.662. The lowest BCUT2D eigenvalue weighted by Gasteiger charge is -2.43. The first-order valence-electron chi connectivity index (χ1n) is 10.8. The molecule has 1 aliphatic heterocycles. The van der Waals surface area contributed by atoms with Crippen molar-refractivity contribution in [2.45, 2.75) is 18.4 Å². The molecular formula is C26H23Cl3N2O. The van der Waals surface area contributed by atoms with E-state index >= 15 is 0 Å². The third kappa shape index (κ3) is 4.34. The zero-order chi connectivity index (χ0) is 22.2. The Labute approximate surface area is 203 Å². The van der Waals surface area contributed by atoms with Crippen molar-refractivity contribution < 1.29 is 4.79 Å². The van der Waals surface area contributed by atoms with E-state index in [-0.39, 0.29) is 17.9 Å². The Hall–Kier alpha value is -2.20. The minimum Gasteiger partial charge on any atom is -0.360 e. The number of hydrogen-bond acceptors (Lipinski definition) is 2. The molecule has 0 bridgehead atoms. The highest BCUT2D eigenvalue weighted by Crippen LogP contribution is 2.49. The van der Waals surface area contributed by atoms with Gasteiger partial charge in [-0.3, -0.25) is 4.79 Å². The topological polar surface area (TPSA) is 23.6 Å². The van der Waals surface area contributed by atoms with E-state index in [0.717, 1.165) is 17.7 Å². The van der Waals surface area contributed by atoms with E-state index in [1.807, 2.05) is 59.5 Å². The molecule has 164 valence electrons. The molecule has 0 unspecified atom stereocenters. The van der Waals surface area contributed by atoms with Gasteiger partial charge >= 0.3 is 0 Å². The number of carbonyl (C=O) groups excluding carboxylic acids is 1. The van der Waals surface area contributed by atoms with E-state index in [2.05, 4.69) is 17.0 Å². The Morgan fingerprint density at radius 1 is 0.812 bits per heavy atom. The molecular weight excluding hydrogens is 463 g/mol. The molecule has 2 fully saturated rings. The molecule has 0 N–H and O–H groups in total. The van der Waals surface area contributed by atoms with Crippen molar-refractivity contribution >= 4 is 46.4 Å². The van der Waals surface area contributed by atoms with Gasteiger partial charge in [0.05, 0.1) is 16.8 Å². The number of hydrogen-bond donors (Lipinski definition) is 0. The molecule has 0 radical (unpaired) electrons. The van der Waals surface area contributed by atoms with Crippen molar-refractivity contribution in [3.8, 4) is 0 Å². The summed E-state index contributed by atoms with van der Waals surface area (Å²) in [5.41, 5.74) is 3.29. The van der Waals surface area contributed by atoms with Gasteiger partial charge in [0.2, 0.25) is 5.91 Å². The lowest BCUT2D eigenvalue weighted by atomic mass is 10.0. The first-order chi connectivity index (χ1) is 15.5. The van der Waals surface area contributed by atoms with Gasteiger partial charge in [0.25, 0.3) is 0 Å². The van der Waals surface area contributed by atoms with Gasteiger partial charge in [0, 0.05) is 35.6 Å². The van der Waals surface area contributed by atoms with Crippen LogP contribution in [0.25, 0.3) is 0 Å². The number of piperazine rings is 1. The molecule has 1 aliphatic carbocycles. The number of carbonyl (C=O) groups is 1. The second-order valence-electron chi connectivity index (χ2n) is 8.50. The molecule has 1 saturated carbocycles. The molecule has 3 nitrogen and oxygen atoms in total. The Balaban J connectivity index is 1.39. The summed E-state index contributed by atoms with van der Waals surface area (Å²) >= 11 is 18.8. The molecule has 32 heavy (non-hydrogen) atoms. The average Bonchev–Trinajstić information content (AvgIpc) is 3.61. The maximum Gasteiger partial charge on any atom is 0.226 e. The van der Waals surface area contributed by atoms with Crippen LogP contribution in [0.3, 0.4) is 0 Å². The molecule has 6 heteroatoms. The van der Waals surface area contributed by atoms with Crippen LogP contribution in [0.4, 0.5) is 5.69 Å². The largest absolute Gasteiger partial charge is 0.360 e. The lowest BCUT2D eigenvalue weighted by molar-refractivity contribution is -0.133. The predicted octanol–water partition coefficient (Wildman–Crippen LogP) is 6.84. The second-order valence-corrected chi connectivity index (χ2v) is 9.78. The van der Waals surface area contributed by atoms with Crippen molar-refractivity contribution in [1.29, 1.82) is 0 Å². The van der Waals surface area contributed by atoms with Crippen LogP contribution >= 0.6 is 34.8 Å². The molecule has 3 aromatic carbocycles. The van der Waals surface area contributed by atoms with E-state index in [9.17, 15) is 4.79 Å². The Kier molecular flexibility index (Phi) is 6.07. The summed E-state index contributed by atoms with van der Waals surface area (Å²) in [6.07, 6.45) is 0.928. The van der Waals surface area contributed by atoms with Gasteiger partial charge in [-0.25, -0.2) is 0 Å². The summed E-state index contributed by atoms with van der Waals surface area (Å²) in [6.45, 7) is 1.97. The van der Waals surface area contributed by atoms with Gasteiger partial charge in [0.15, 0.2) is 0 Å². The van der Waals surface area contributed by atoms with Crippen molar-refractivity contribution in [1.82, 2.24) is 4.90 Å².